The van der Waals surface area contributed by atoms with E-state index in [2.05, 4.69) is 0 Å². The molecule has 0 aromatic carbocycles. The van der Waals surface area contributed by atoms with Gasteiger partial charge in [-0.15, -0.1) is 0 Å². The summed E-state index contributed by atoms with van der Waals surface area (Å²) < 4.78 is 0. The van der Waals surface area contributed by atoms with Gasteiger partial charge in [0.05, 0.1) is 0 Å². The molecule has 0 aromatic heterocycles. The Morgan fingerprint density at radius 3 is 1.91 bits per heavy atom. The van der Waals surface area contributed by atoms with E-state index in [4.69, 9.17) is 15.3 Å². The Morgan fingerprint density at radius 2 is 1.64 bits per heavy atom. The topological polar surface area (TPSA) is 77.8 Å². The third kappa shape index (κ3) is 6.35. The predicted octanol–water partition coefficient (Wildman–Crippen LogP) is -0.450. The minimum absolute atomic E-state index is 0.0489. The van der Waals surface area contributed by atoms with Crippen molar-refractivity contribution >= 4 is 20.6 Å². The number of aliphatic carboxylic acids is 1. The normalized spacial score (nSPS) is 10.5. The van der Waals surface area contributed by atoms with Gasteiger partial charge in [-0.1, -0.05) is 0 Å². The number of rotatable bonds is 6. The fourth-order valence-corrected chi connectivity index (χ4v) is 3.87. The van der Waals surface area contributed by atoms with Crippen LogP contribution in [0.15, 0.2) is 0 Å². The van der Waals surface area contributed by atoms with Crippen LogP contribution < -0.4 is 0 Å². The molecule has 5 heteroatoms. The molecule has 0 heterocycles. The number of carboxylic acid groups (broad SMARTS) is 1. The molecule has 3 N–H and O–H groups in total. The van der Waals surface area contributed by atoms with E-state index < -0.39 is 20.6 Å². The van der Waals surface area contributed by atoms with E-state index >= 15 is 0 Å². The molecule has 4 nitrogen and oxygen atoms in total. The molecule has 0 saturated carbocycles. The molecular weight excluding hydrogens is 211 g/mol. The van der Waals surface area contributed by atoms with Gasteiger partial charge in [0.1, 0.15) is 0 Å². The second-order valence-corrected chi connectivity index (χ2v) is 7.47. The van der Waals surface area contributed by atoms with Crippen molar-refractivity contribution in [3.63, 3.8) is 0 Å². The Hall–Kier alpha value is -0.0516. The first kappa shape index (κ1) is 10.9. The van der Waals surface area contributed by atoms with Crippen molar-refractivity contribution in [2.75, 3.05) is 13.2 Å². The number of aliphatic hydroxyl groups is 2. The van der Waals surface area contributed by atoms with Gasteiger partial charge in [-0.2, -0.15) is 0 Å². The van der Waals surface area contributed by atoms with Gasteiger partial charge in [-0.25, -0.2) is 0 Å². The first-order chi connectivity index (χ1) is 5.20. The monoisotopic (exact) mass is 224 g/mol. The molecular formula is C6H13AsO4. The van der Waals surface area contributed by atoms with Crippen molar-refractivity contribution in [1.82, 2.24) is 0 Å². The minimum atomic E-state index is -1.46. The van der Waals surface area contributed by atoms with Crippen LogP contribution in [0.5, 0.6) is 0 Å². The Kier molecular flexibility index (Phi) is 6.61. The average molecular weight is 224 g/mol. The van der Waals surface area contributed by atoms with E-state index in [1.807, 2.05) is 0 Å². The summed E-state index contributed by atoms with van der Waals surface area (Å²) in [5.74, 6) is -0.813. The quantitative estimate of drug-likeness (QED) is 0.534. The van der Waals surface area contributed by atoms with Gasteiger partial charge in [0, 0.05) is 0 Å². The van der Waals surface area contributed by atoms with Crippen LogP contribution in [0.1, 0.15) is 0 Å². The van der Waals surface area contributed by atoms with Crippen LogP contribution in [0.4, 0.5) is 0 Å². The van der Waals surface area contributed by atoms with Crippen LogP contribution in [0.2, 0.25) is 15.6 Å². The van der Waals surface area contributed by atoms with Gasteiger partial charge >= 0.3 is 69.6 Å². The van der Waals surface area contributed by atoms with Crippen LogP contribution in [0, 0.1) is 0 Å². The summed E-state index contributed by atoms with van der Waals surface area (Å²) >= 11 is -1.46. The standard InChI is InChI=1S/C6H13AsO4/c8-3-1-7(2-4-9)5-6(10)11/h8-9H,1-5H2,(H,10,11). The molecule has 11 heavy (non-hydrogen) atoms. The van der Waals surface area contributed by atoms with E-state index in [0.29, 0.717) is 10.4 Å². The van der Waals surface area contributed by atoms with Crippen molar-refractivity contribution in [3.05, 3.63) is 0 Å². The molecule has 0 atom stereocenters. The maximum atomic E-state index is 10.2. The van der Waals surface area contributed by atoms with Crippen LogP contribution in [-0.2, 0) is 4.79 Å². The molecule has 0 bridgehead atoms. The van der Waals surface area contributed by atoms with Crippen LogP contribution >= 0.6 is 0 Å². The van der Waals surface area contributed by atoms with E-state index in [9.17, 15) is 4.79 Å². The van der Waals surface area contributed by atoms with Crippen molar-refractivity contribution < 1.29 is 20.1 Å². The third-order valence-electron chi connectivity index (χ3n) is 1.19. The first-order valence-electron chi connectivity index (χ1n) is 3.36. The second kappa shape index (κ2) is 6.65. The second-order valence-electron chi connectivity index (χ2n) is 2.12. The van der Waals surface area contributed by atoms with E-state index in [0.717, 1.165) is 0 Å². The van der Waals surface area contributed by atoms with Gasteiger partial charge in [0.15, 0.2) is 0 Å². The van der Waals surface area contributed by atoms with Crippen molar-refractivity contribution in [2.24, 2.45) is 0 Å². The number of carboxylic acids is 1. The predicted molar refractivity (Wildman–Crippen MR) is 42.0 cm³/mol. The zero-order valence-corrected chi connectivity index (χ0v) is 8.11. The zero-order chi connectivity index (χ0) is 8.69. The summed E-state index contributed by atoms with van der Waals surface area (Å²) in [4.78, 5) is 10.2. The maximum absolute atomic E-state index is 10.2. The van der Waals surface area contributed by atoms with Gasteiger partial charge in [-0.3, -0.25) is 0 Å². The summed E-state index contributed by atoms with van der Waals surface area (Å²) in [7, 11) is 0. The van der Waals surface area contributed by atoms with Crippen molar-refractivity contribution in [1.29, 1.82) is 0 Å². The third-order valence-corrected chi connectivity index (χ3v) is 6.19. The number of hydrogen-bond donors (Lipinski definition) is 3. The van der Waals surface area contributed by atoms with Gasteiger partial charge in [-0.05, 0) is 0 Å². The van der Waals surface area contributed by atoms with Crippen LogP contribution in [-0.4, -0.2) is 49.2 Å². The average Bonchev–Trinajstić information content (AvgIpc) is 1.87. The summed E-state index contributed by atoms with van der Waals surface area (Å²) in [6.45, 7) is 0.0978. The van der Waals surface area contributed by atoms with Crippen molar-refractivity contribution in [2.45, 2.75) is 15.6 Å². The molecule has 0 unspecified atom stereocenters. The van der Waals surface area contributed by atoms with E-state index in [-0.39, 0.29) is 18.4 Å². The zero-order valence-electron chi connectivity index (χ0n) is 6.23. The molecule has 0 rings (SSSR count). The molecule has 0 amide bonds. The van der Waals surface area contributed by atoms with Gasteiger partial charge < -0.3 is 0 Å². The SMILES string of the molecule is O=C(O)C[As](CCO)CCO. The molecule has 0 spiro atoms. The Bertz CT molecular complexity index is 111. The molecule has 0 fully saturated rings. The van der Waals surface area contributed by atoms with Crippen molar-refractivity contribution in [3.8, 4) is 0 Å². The summed E-state index contributed by atoms with van der Waals surface area (Å²) in [6, 6.07) is 0. The molecule has 0 aliphatic carbocycles. The summed E-state index contributed by atoms with van der Waals surface area (Å²) in [5.41, 5.74) is 0. The van der Waals surface area contributed by atoms with E-state index in [1.165, 1.54) is 0 Å². The molecule has 66 valence electrons. The number of aliphatic hydroxyl groups excluding tert-OH is 2. The summed E-state index contributed by atoms with van der Waals surface area (Å²) in [6.07, 6.45) is 0. The molecule has 0 aromatic rings. The van der Waals surface area contributed by atoms with Gasteiger partial charge in [0.2, 0.25) is 0 Å². The summed E-state index contributed by atoms with van der Waals surface area (Å²) in [5, 5.41) is 26.9. The number of hydrogen-bond acceptors (Lipinski definition) is 3. The van der Waals surface area contributed by atoms with E-state index in [1.54, 1.807) is 0 Å². The Labute approximate surface area is 70.1 Å². The molecule has 0 aliphatic rings. The van der Waals surface area contributed by atoms with Gasteiger partial charge in [0.25, 0.3) is 0 Å². The van der Waals surface area contributed by atoms with Crippen LogP contribution in [0.3, 0.4) is 0 Å². The first-order valence-corrected chi connectivity index (χ1v) is 7.34. The molecule has 0 aliphatic heterocycles. The fraction of sp³-hybridized carbons (Fsp3) is 0.833. The molecule has 0 saturated heterocycles. The van der Waals surface area contributed by atoms with Crippen LogP contribution in [0.25, 0.3) is 0 Å². The fourth-order valence-electron chi connectivity index (χ4n) is 0.744. The Balaban J connectivity index is 3.59. The number of carbonyl (C=O) groups is 1. The Morgan fingerprint density at radius 1 is 1.18 bits per heavy atom. The molecule has 0 radical (unpaired) electrons.